The maximum atomic E-state index is 11.4. The molecule has 1 aromatic carbocycles. The van der Waals surface area contributed by atoms with Gasteiger partial charge in [-0.15, -0.1) is 0 Å². The van der Waals surface area contributed by atoms with E-state index >= 15 is 0 Å². The van der Waals surface area contributed by atoms with Gasteiger partial charge in [-0.25, -0.2) is 4.79 Å². The lowest BCUT2D eigenvalue weighted by Gasteiger charge is -2.01. The first-order valence-corrected chi connectivity index (χ1v) is 4.80. The number of carbonyl (C=O) groups excluding carboxylic acids is 1. The first-order chi connectivity index (χ1) is 7.15. The number of ether oxygens (including phenoxy) is 1. The molecule has 0 aliphatic carbocycles. The van der Waals surface area contributed by atoms with Gasteiger partial charge in [-0.2, -0.15) is 0 Å². The highest BCUT2D eigenvalue weighted by Crippen LogP contribution is 2.24. The summed E-state index contributed by atoms with van der Waals surface area (Å²) in [6, 6.07) is 3.96. The van der Waals surface area contributed by atoms with Crippen molar-refractivity contribution in [3.63, 3.8) is 0 Å². The molecule has 2 rings (SSSR count). The number of hydrogen-bond acceptors (Lipinski definition) is 2. The molecular formula is C12H13NO2. The highest BCUT2D eigenvalue weighted by Gasteiger charge is 2.13. The number of aromatic amines is 1. The van der Waals surface area contributed by atoms with Gasteiger partial charge in [0.15, 0.2) is 0 Å². The molecule has 78 valence electrons. The molecule has 0 aliphatic heterocycles. The van der Waals surface area contributed by atoms with Crippen LogP contribution in [-0.4, -0.2) is 18.1 Å². The van der Waals surface area contributed by atoms with Crippen LogP contribution in [0.4, 0.5) is 0 Å². The number of carbonyl (C=O) groups is 1. The zero-order chi connectivity index (χ0) is 11.0. The molecule has 0 atom stereocenters. The number of nitrogens with one attached hydrogen (secondary N) is 1. The van der Waals surface area contributed by atoms with Gasteiger partial charge >= 0.3 is 5.97 Å². The van der Waals surface area contributed by atoms with Gasteiger partial charge in [-0.3, -0.25) is 0 Å². The first kappa shape index (κ1) is 9.77. The van der Waals surface area contributed by atoms with Gasteiger partial charge in [-0.1, -0.05) is 12.1 Å². The van der Waals surface area contributed by atoms with Crippen molar-refractivity contribution >= 4 is 16.9 Å². The highest BCUT2D eigenvalue weighted by atomic mass is 16.5. The van der Waals surface area contributed by atoms with E-state index in [0.29, 0.717) is 5.56 Å². The number of methoxy groups -OCH3 is 1. The SMILES string of the molecule is COC(=O)c1c[nH]c2c(C)c(C)ccc12. The Balaban J connectivity index is 2.72. The smallest absolute Gasteiger partial charge is 0.340 e. The third-order valence-corrected chi connectivity index (χ3v) is 2.79. The lowest BCUT2D eigenvalue weighted by atomic mass is 10.1. The molecule has 3 heteroatoms. The van der Waals surface area contributed by atoms with Crippen LogP contribution in [0.15, 0.2) is 18.3 Å². The number of benzene rings is 1. The number of H-pyrrole nitrogens is 1. The molecule has 0 amide bonds. The van der Waals surface area contributed by atoms with Gasteiger partial charge in [0.25, 0.3) is 0 Å². The number of rotatable bonds is 1. The van der Waals surface area contributed by atoms with Gasteiger partial charge in [-0.05, 0) is 25.0 Å². The van der Waals surface area contributed by atoms with Crippen molar-refractivity contribution in [1.82, 2.24) is 4.98 Å². The van der Waals surface area contributed by atoms with Crippen molar-refractivity contribution in [3.8, 4) is 0 Å². The van der Waals surface area contributed by atoms with Crippen LogP contribution < -0.4 is 0 Å². The summed E-state index contributed by atoms with van der Waals surface area (Å²) in [7, 11) is 1.39. The zero-order valence-corrected chi connectivity index (χ0v) is 9.05. The molecule has 1 aromatic heterocycles. The Morgan fingerprint density at radius 1 is 1.33 bits per heavy atom. The van der Waals surface area contributed by atoms with E-state index in [1.807, 2.05) is 26.0 Å². The van der Waals surface area contributed by atoms with E-state index in [4.69, 9.17) is 4.74 Å². The lowest BCUT2D eigenvalue weighted by molar-refractivity contribution is 0.0603. The largest absolute Gasteiger partial charge is 0.465 e. The molecule has 0 spiro atoms. The van der Waals surface area contributed by atoms with Crippen LogP contribution in [0.1, 0.15) is 21.5 Å². The van der Waals surface area contributed by atoms with Gasteiger partial charge in [0.05, 0.1) is 12.7 Å². The van der Waals surface area contributed by atoms with E-state index in [1.165, 1.54) is 18.2 Å². The molecule has 0 unspecified atom stereocenters. The number of esters is 1. The molecule has 0 radical (unpaired) electrons. The molecule has 2 aromatic rings. The fourth-order valence-electron chi connectivity index (χ4n) is 1.73. The van der Waals surface area contributed by atoms with Crippen LogP contribution in [0.3, 0.4) is 0 Å². The molecule has 3 nitrogen and oxygen atoms in total. The van der Waals surface area contributed by atoms with Crippen LogP contribution in [0, 0.1) is 13.8 Å². The van der Waals surface area contributed by atoms with Crippen molar-refractivity contribution in [2.24, 2.45) is 0 Å². The predicted octanol–water partition coefficient (Wildman–Crippen LogP) is 2.57. The summed E-state index contributed by atoms with van der Waals surface area (Å²) >= 11 is 0. The van der Waals surface area contributed by atoms with Crippen molar-refractivity contribution in [2.75, 3.05) is 7.11 Å². The molecule has 0 saturated carbocycles. The number of aryl methyl sites for hydroxylation is 2. The van der Waals surface area contributed by atoms with E-state index in [-0.39, 0.29) is 5.97 Å². The number of fused-ring (bicyclic) bond motifs is 1. The molecule has 1 heterocycles. The van der Waals surface area contributed by atoms with E-state index in [1.54, 1.807) is 6.20 Å². The number of aromatic nitrogens is 1. The Labute approximate surface area is 88.1 Å². The van der Waals surface area contributed by atoms with Crippen LogP contribution >= 0.6 is 0 Å². The second-order valence-corrected chi connectivity index (χ2v) is 3.62. The summed E-state index contributed by atoms with van der Waals surface area (Å²) in [5.74, 6) is -0.301. The van der Waals surface area contributed by atoms with Gasteiger partial charge in [0, 0.05) is 17.1 Å². The van der Waals surface area contributed by atoms with E-state index in [2.05, 4.69) is 4.98 Å². The van der Waals surface area contributed by atoms with Crippen molar-refractivity contribution in [2.45, 2.75) is 13.8 Å². The molecular weight excluding hydrogens is 190 g/mol. The minimum atomic E-state index is -0.301. The summed E-state index contributed by atoms with van der Waals surface area (Å²) in [4.78, 5) is 14.6. The fourth-order valence-corrected chi connectivity index (χ4v) is 1.73. The summed E-state index contributed by atoms with van der Waals surface area (Å²) < 4.78 is 4.71. The lowest BCUT2D eigenvalue weighted by Crippen LogP contribution is -1.99. The van der Waals surface area contributed by atoms with Crippen molar-refractivity contribution < 1.29 is 9.53 Å². The van der Waals surface area contributed by atoms with Crippen molar-refractivity contribution in [3.05, 3.63) is 35.0 Å². The molecule has 0 bridgehead atoms. The second-order valence-electron chi connectivity index (χ2n) is 3.62. The second kappa shape index (κ2) is 3.42. The topological polar surface area (TPSA) is 42.1 Å². The van der Waals surface area contributed by atoms with Crippen LogP contribution in [0.5, 0.6) is 0 Å². The number of hydrogen-bond donors (Lipinski definition) is 1. The summed E-state index contributed by atoms with van der Waals surface area (Å²) in [5.41, 5.74) is 3.98. The maximum Gasteiger partial charge on any atom is 0.340 e. The van der Waals surface area contributed by atoms with E-state index < -0.39 is 0 Å². The van der Waals surface area contributed by atoms with Gasteiger partial charge in [0.2, 0.25) is 0 Å². The minimum Gasteiger partial charge on any atom is -0.465 e. The normalized spacial score (nSPS) is 10.6. The van der Waals surface area contributed by atoms with Crippen LogP contribution in [0.25, 0.3) is 10.9 Å². The summed E-state index contributed by atoms with van der Waals surface area (Å²) in [6.07, 6.45) is 1.70. The van der Waals surface area contributed by atoms with Gasteiger partial charge < -0.3 is 9.72 Å². The zero-order valence-electron chi connectivity index (χ0n) is 9.05. The Morgan fingerprint density at radius 2 is 2.07 bits per heavy atom. The maximum absolute atomic E-state index is 11.4. The first-order valence-electron chi connectivity index (χ1n) is 4.80. The average molecular weight is 203 g/mol. The minimum absolute atomic E-state index is 0.301. The fraction of sp³-hybridized carbons (Fsp3) is 0.250. The van der Waals surface area contributed by atoms with Crippen LogP contribution in [-0.2, 0) is 4.74 Å². The standard InChI is InChI=1S/C12H13NO2/c1-7-4-5-9-10(12(14)15-3)6-13-11(9)8(7)2/h4-6,13H,1-3H3. The quantitative estimate of drug-likeness (QED) is 0.724. The monoisotopic (exact) mass is 203 g/mol. The van der Waals surface area contributed by atoms with Gasteiger partial charge in [0.1, 0.15) is 0 Å². The Morgan fingerprint density at radius 3 is 2.73 bits per heavy atom. The molecule has 0 saturated heterocycles. The average Bonchev–Trinajstić information content (AvgIpc) is 2.66. The molecule has 0 fully saturated rings. The molecule has 0 aliphatic rings. The Hall–Kier alpha value is -1.77. The Kier molecular flexibility index (Phi) is 2.23. The third kappa shape index (κ3) is 1.40. The molecule has 1 N–H and O–H groups in total. The van der Waals surface area contributed by atoms with E-state index in [0.717, 1.165) is 10.9 Å². The van der Waals surface area contributed by atoms with Crippen LogP contribution in [0.2, 0.25) is 0 Å². The van der Waals surface area contributed by atoms with E-state index in [9.17, 15) is 4.79 Å². The molecule has 15 heavy (non-hydrogen) atoms. The predicted molar refractivity (Wildman–Crippen MR) is 59.1 cm³/mol. The summed E-state index contributed by atoms with van der Waals surface area (Å²) in [6.45, 7) is 4.09. The Bertz CT molecular complexity index is 526. The third-order valence-electron chi connectivity index (χ3n) is 2.79. The van der Waals surface area contributed by atoms with Crippen molar-refractivity contribution in [1.29, 1.82) is 0 Å². The highest BCUT2D eigenvalue weighted by molar-refractivity contribution is 6.04. The summed E-state index contributed by atoms with van der Waals surface area (Å²) in [5, 5.41) is 0.921.